The van der Waals surface area contributed by atoms with Crippen molar-refractivity contribution in [2.75, 3.05) is 0 Å². The van der Waals surface area contributed by atoms with Crippen LogP contribution in [0, 0.1) is 6.92 Å². The molecule has 16 heavy (non-hydrogen) atoms. The summed E-state index contributed by atoms with van der Waals surface area (Å²) in [5.74, 6) is 0. The third kappa shape index (κ3) is 1.88. The van der Waals surface area contributed by atoms with Crippen LogP contribution in [0.2, 0.25) is 0 Å². The van der Waals surface area contributed by atoms with Crippen molar-refractivity contribution in [1.29, 1.82) is 0 Å². The van der Waals surface area contributed by atoms with E-state index < -0.39 is 0 Å². The third-order valence-corrected chi connectivity index (χ3v) is 3.11. The Labute approximate surface area is 103 Å². The van der Waals surface area contributed by atoms with Gasteiger partial charge in [-0.25, -0.2) is 4.68 Å². The predicted octanol–water partition coefficient (Wildman–Crippen LogP) is 2.36. The summed E-state index contributed by atoms with van der Waals surface area (Å²) in [7, 11) is 0. The third-order valence-electron chi connectivity index (χ3n) is 2.44. The predicted molar refractivity (Wildman–Crippen MR) is 66.4 cm³/mol. The Balaban J connectivity index is 2.54. The Morgan fingerprint density at radius 3 is 2.62 bits per heavy atom. The molecule has 4 nitrogen and oxygen atoms in total. The van der Waals surface area contributed by atoms with Gasteiger partial charge in [0, 0.05) is 10.5 Å². The molecule has 2 rings (SSSR count). The van der Waals surface area contributed by atoms with Crippen LogP contribution in [0.5, 0.6) is 0 Å². The Bertz CT molecular complexity index is 504. The molecule has 0 bridgehead atoms. The van der Waals surface area contributed by atoms with Crippen molar-refractivity contribution in [1.82, 2.24) is 15.0 Å². The van der Waals surface area contributed by atoms with E-state index in [4.69, 9.17) is 5.73 Å². The van der Waals surface area contributed by atoms with E-state index >= 15 is 0 Å². The fraction of sp³-hybridized carbons (Fsp3) is 0.273. The minimum Gasteiger partial charge on any atom is -0.323 e. The largest absolute Gasteiger partial charge is 0.323 e. The Morgan fingerprint density at radius 2 is 2.06 bits per heavy atom. The van der Waals surface area contributed by atoms with Crippen LogP contribution in [-0.4, -0.2) is 15.0 Å². The molecule has 1 unspecified atom stereocenters. The molecule has 0 amide bonds. The second-order valence-corrected chi connectivity index (χ2v) is 4.57. The summed E-state index contributed by atoms with van der Waals surface area (Å²) >= 11 is 3.49. The number of hydrogen-bond acceptors (Lipinski definition) is 3. The van der Waals surface area contributed by atoms with E-state index in [-0.39, 0.29) is 6.04 Å². The van der Waals surface area contributed by atoms with Crippen LogP contribution in [0.4, 0.5) is 0 Å². The molecule has 1 atom stereocenters. The number of nitrogens with zero attached hydrogens (tertiary/aromatic N) is 3. The topological polar surface area (TPSA) is 56.7 Å². The van der Waals surface area contributed by atoms with Gasteiger partial charge in [0.25, 0.3) is 0 Å². The van der Waals surface area contributed by atoms with Gasteiger partial charge < -0.3 is 5.73 Å². The molecule has 0 radical (unpaired) electrons. The molecule has 0 fully saturated rings. The highest BCUT2D eigenvalue weighted by atomic mass is 79.9. The summed E-state index contributed by atoms with van der Waals surface area (Å²) in [6, 6.07) is 7.79. The lowest BCUT2D eigenvalue weighted by Gasteiger charge is -2.06. The van der Waals surface area contributed by atoms with E-state index in [1.807, 2.05) is 38.1 Å². The molecule has 0 spiro atoms. The summed E-state index contributed by atoms with van der Waals surface area (Å²) in [6.45, 7) is 3.87. The molecule has 0 aliphatic carbocycles. The smallest absolute Gasteiger partial charge is 0.102 e. The highest BCUT2D eigenvalue weighted by Crippen LogP contribution is 2.22. The number of hydrogen-bond donors (Lipinski definition) is 1. The molecule has 84 valence electrons. The first kappa shape index (κ1) is 11.3. The fourth-order valence-electron chi connectivity index (χ4n) is 1.61. The zero-order chi connectivity index (χ0) is 11.7. The first-order valence-electron chi connectivity index (χ1n) is 5.04. The quantitative estimate of drug-likeness (QED) is 0.919. The van der Waals surface area contributed by atoms with Crippen LogP contribution in [0.25, 0.3) is 5.69 Å². The monoisotopic (exact) mass is 280 g/mol. The van der Waals surface area contributed by atoms with Crippen molar-refractivity contribution in [3.63, 3.8) is 0 Å². The molecule has 1 aromatic heterocycles. The van der Waals surface area contributed by atoms with E-state index in [9.17, 15) is 0 Å². The summed E-state index contributed by atoms with van der Waals surface area (Å²) < 4.78 is 2.78. The van der Waals surface area contributed by atoms with Crippen molar-refractivity contribution in [3.05, 3.63) is 40.1 Å². The number of nitrogens with two attached hydrogens (primary N) is 1. The molecular weight excluding hydrogens is 268 g/mol. The molecule has 2 N–H and O–H groups in total. The SMILES string of the molecule is Cc1c(C(C)N)nnn1-c1ccccc1Br. The molecule has 1 heterocycles. The summed E-state index contributed by atoms with van der Waals surface area (Å²) in [6.07, 6.45) is 0. The average molecular weight is 281 g/mol. The van der Waals surface area contributed by atoms with E-state index in [0.29, 0.717) is 0 Å². The van der Waals surface area contributed by atoms with Crippen LogP contribution in [0.15, 0.2) is 28.7 Å². The molecule has 0 aliphatic rings. The maximum atomic E-state index is 5.82. The van der Waals surface area contributed by atoms with Crippen LogP contribution in [-0.2, 0) is 0 Å². The lowest BCUT2D eigenvalue weighted by Crippen LogP contribution is -2.08. The number of benzene rings is 1. The summed E-state index contributed by atoms with van der Waals surface area (Å²) in [4.78, 5) is 0. The van der Waals surface area contributed by atoms with Crippen LogP contribution < -0.4 is 5.73 Å². The average Bonchev–Trinajstić information content (AvgIpc) is 2.61. The normalized spacial score (nSPS) is 12.8. The van der Waals surface area contributed by atoms with Gasteiger partial charge in [-0.05, 0) is 41.9 Å². The van der Waals surface area contributed by atoms with E-state index in [0.717, 1.165) is 21.5 Å². The van der Waals surface area contributed by atoms with Crippen molar-refractivity contribution < 1.29 is 0 Å². The van der Waals surface area contributed by atoms with Gasteiger partial charge in [0.1, 0.15) is 5.69 Å². The summed E-state index contributed by atoms with van der Waals surface area (Å²) in [5, 5.41) is 8.22. The highest BCUT2D eigenvalue weighted by Gasteiger charge is 2.14. The van der Waals surface area contributed by atoms with Crippen molar-refractivity contribution >= 4 is 15.9 Å². The Kier molecular flexibility index (Phi) is 3.07. The van der Waals surface area contributed by atoms with Crippen LogP contribution in [0.1, 0.15) is 24.4 Å². The van der Waals surface area contributed by atoms with Crippen molar-refractivity contribution in [2.45, 2.75) is 19.9 Å². The number of aromatic nitrogens is 3. The van der Waals surface area contributed by atoms with E-state index in [2.05, 4.69) is 26.2 Å². The lowest BCUT2D eigenvalue weighted by atomic mass is 10.2. The number of para-hydroxylation sites is 1. The second-order valence-electron chi connectivity index (χ2n) is 3.71. The number of halogens is 1. The molecule has 1 aromatic carbocycles. The Morgan fingerprint density at radius 1 is 1.38 bits per heavy atom. The summed E-state index contributed by atoms with van der Waals surface area (Å²) in [5.41, 5.74) is 8.59. The first-order valence-corrected chi connectivity index (χ1v) is 5.83. The standard InChI is InChI=1S/C11H13BrN4/c1-7(13)11-8(2)16(15-14-11)10-6-4-3-5-9(10)12/h3-7H,13H2,1-2H3. The van der Waals surface area contributed by atoms with Gasteiger partial charge in [-0.3, -0.25) is 0 Å². The van der Waals surface area contributed by atoms with Crippen molar-refractivity contribution in [2.24, 2.45) is 5.73 Å². The van der Waals surface area contributed by atoms with Gasteiger partial charge in [-0.15, -0.1) is 5.10 Å². The minimum atomic E-state index is -0.101. The van der Waals surface area contributed by atoms with Crippen LogP contribution in [0.3, 0.4) is 0 Å². The van der Waals surface area contributed by atoms with Gasteiger partial charge in [0.05, 0.1) is 11.4 Å². The van der Waals surface area contributed by atoms with Crippen molar-refractivity contribution in [3.8, 4) is 5.69 Å². The highest BCUT2D eigenvalue weighted by molar-refractivity contribution is 9.10. The molecule has 0 saturated carbocycles. The van der Waals surface area contributed by atoms with Crippen LogP contribution >= 0.6 is 15.9 Å². The minimum absolute atomic E-state index is 0.101. The molecule has 0 saturated heterocycles. The van der Waals surface area contributed by atoms with Gasteiger partial charge in [-0.2, -0.15) is 0 Å². The van der Waals surface area contributed by atoms with Gasteiger partial charge in [-0.1, -0.05) is 17.3 Å². The molecular formula is C11H13BrN4. The zero-order valence-corrected chi connectivity index (χ0v) is 10.8. The zero-order valence-electron chi connectivity index (χ0n) is 9.18. The maximum absolute atomic E-state index is 5.82. The fourth-order valence-corrected chi connectivity index (χ4v) is 2.07. The first-order chi connectivity index (χ1) is 7.61. The van der Waals surface area contributed by atoms with E-state index in [1.54, 1.807) is 4.68 Å². The van der Waals surface area contributed by atoms with E-state index in [1.165, 1.54) is 0 Å². The van der Waals surface area contributed by atoms with Gasteiger partial charge in [0.15, 0.2) is 0 Å². The second kappa shape index (κ2) is 4.35. The molecule has 0 aliphatic heterocycles. The molecule has 2 aromatic rings. The number of rotatable bonds is 2. The molecule has 5 heteroatoms. The lowest BCUT2D eigenvalue weighted by molar-refractivity contribution is 0.756. The Hall–Kier alpha value is -1.20. The maximum Gasteiger partial charge on any atom is 0.102 e. The van der Waals surface area contributed by atoms with Gasteiger partial charge in [0.2, 0.25) is 0 Å². The van der Waals surface area contributed by atoms with Gasteiger partial charge >= 0.3 is 0 Å².